The maximum absolute atomic E-state index is 6.83. The lowest BCUT2D eigenvalue weighted by Gasteiger charge is -2.14. The number of hydrogen-bond acceptors (Lipinski definition) is 4. The van der Waals surface area contributed by atoms with Crippen molar-refractivity contribution < 1.29 is 4.42 Å². The summed E-state index contributed by atoms with van der Waals surface area (Å²) in [4.78, 5) is 15.1. The van der Waals surface area contributed by atoms with Gasteiger partial charge in [0.2, 0.25) is 0 Å². The molecule has 0 fully saturated rings. The summed E-state index contributed by atoms with van der Waals surface area (Å²) in [5.41, 5.74) is 11.4. The lowest BCUT2D eigenvalue weighted by Crippen LogP contribution is -2.01. The Hall–Kier alpha value is -6.39. The summed E-state index contributed by atoms with van der Waals surface area (Å²) in [6, 6.07) is 52.6. The molecule has 10 rings (SSSR count). The van der Waals surface area contributed by atoms with Crippen LogP contribution in [0.25, 0.3) is 100 Å². The summed E-state index contributed by atoms with van der Waals surface area (Å²) in [6.07, 6.45) is 0. The third-order valence-corrected chi connectivity index (χ3v) is 9.29. The predicted octanol–water partition coefficient (Wildman–Crippen LogP) is 11.2. The fourth-order valence-corrected chi connectivity index (χ4v) is 7.21. The first-order chi connectivity index (χ1) is 23.3. The average Bonchev–Trinajstić information content (AvgIpc) is 3.49. The van der Waals surface area contributed by atoms with Gasteiger partial charge in [-0.05, 0) is 50.7 Å². The van der Waals surface area contributed by atoms with Gasteiger partial charge in [0.15, 0.2) is 17.5 Å². The van der Waals surface area contributed by atoms with Crippen molar-refractivity contribution in [2.24, 2.45) is 0 Å². The molecule has 47 heavy (non-hydrogen) atoms. The molecule has 0 bridgehead atoms. The number of benzene rings is 7. The molecule has 2 aromatic heterocycles. The van der Waals surface area contributed by atoms with Crippen LogP contribution in [-0.2, 0) is 0 Å². The van der Waals surface area contributed by atoms with Crippen LogP contribution in [0.4, 0.5) is 0 Å². The van der Waals surface area contributed by atoms with Crippen LogP contribution in [0.2, 0.25) is 0 Å². The minimum absolute atomic E-state index is 0.615. The van der Waals surface area contributed by atoms with Crippen molar-refractivity contribution in [3.05, 3.63) is 152 Å². The zero-order valence-electron chi connectivity index (χ0n) is 25.2. The van der Waals surface area contributed by atoms with Crippen molar-refractivity contribution in [1.29, 1.82) is 0 Å². The van der Waals surface area contributed by atoms with E-state index < -0.39 is 0 Å². The quantitative estimate of drug-likeness (QED) is 0.202. The van der Waals surface area contributed by atoms with E-state index in [2.05, 4.69) is 84.9 Å². The number of aromatic nitrogens is 3. The standard InChI is InChI=1S/C43H25N3O/c1-3-12-27(13-4-1)41-44-42(28-14-5-2-6-15-28)46-43(45-41)35-19-8-7-18-29(35)34-25-24-33-31-21-10-17-26-16-9-20-30(37(26)31)32-22-11-23-36-38(32)39(33)40(34)47-36/h1-25H. The normalized spacial score (nSPS) is 11.8. The van der Waals surface area contributed by atoms with Crippen LogP contribution >= 0.6 is 0 Å². The molecule has 0 aliphatic heterocycles. The van der Waals surface area contributed by atoms with Gasteiger partial charge in [0.1, 0.15) is 11.2 Å². The van der Waals surface area contributed by atoms with Gasteiger partial charge in [0.25, 0.3) is 0 Å². The Morgan fingerprint density at radius 1 is 0.319 bits per heavy atom. The molecule has 0 saturated carbocycles. The van der Waals surface area contributed by atoms with Gasteiger partial charge in [-0.25, -0.2) is 15.0 Å². The summed E-state index contributed by atoms with van der Waals surface area (Å²) in [7, 11) is 0. The van der Waals surface area contributed by atoms with E-state index in [1.54, 1.807) is 0 Å². The fraction of sp³-hybridized carbons (Fsp3) is 0. The van der Waals surface area contributed by atoms with Gasteiger partial charge in [-0.1, -0.05) is 140 Å². The van der Waals surface area contributed by atoms with E-state index >= 15 is 0 Å². The van der Waals surface area contributed by atoms with Crippen LogP contribution < -0.4 is 0 Å². The Morgan fingerprint density at radius 2 is 0.809 bits per heavy atom. The highest BCUT2D eigenvalue weighted by molar-refractivity contribution is 6.27. The molecule has 0 radical (unpaired) electrons. The molecule has 4 heteroatoms. The Bertz CT molecular complexity index is 2610. The molecule has 218 valence electrons. The van der Waals surface area contributed by atoms with Gasteiger partial charge in [-0.2, -0.15) is 0 Å². The van der Waals surface area contributed by atoms with Crippen LogP contribution in [0.15, 0.2) is 156 Å². The summed E-state index contributed by atoms with van der Waals surface area (Å²) in [5.74, 6) is 1.88. The second-order valence-electron chi connectivity index (χ2n) is 11.9. The Balaban J connectivity index is 1.25. The zero-order valence-corrected chi connectivity index (χ0v) is 25.2. The van der Waals surface area contributed by atoms with E-state index in [0.29, 0.717) is 17.5 Å². The van der Waals surface area contributed by atoms with Crippen molar-refractivity contribution in [3.8, 4) is 67.5 Å². The number of nitrogens with zero attached hydrogens (tertiary/aromatic N) is 3. The summed E-state index contributed by atoms with van der Waals surface area (Å²) >= 11 is 0. The third kappa shape index (κ3) is 3.92. The molecule has 0 saturated heterocycles. The van der Waals surface area contributed by atoms with Crippen molar-refractivity contribution in [1.82, 2.24) is 15.0 Å². The topological polar surface area (TPSA) is 51.8 Å². The molecular weight excluding hydrogens is 574 g/mol. The molecule has 4 nitrogen and oxygen atoms in total. The van der Waals surface area contributed by atoms with E-state index in [0.717, 1.165) is 49.8 Å². The Labute approximate surface area is 270 Å². The van der Waals surface area contributed by atoms with E-state index in [-0.39, 0.29) is 0 Å². The molecule has 0 N–H and O–H groups in total. The number of fused-ring (bicyclic) bond motifs is 2. The first-order valence-electron chi connectivity index (χ1n) is 15.8. The molecule has 0 atom stereocenters. The van der Waals surface area contributed by atoms with E-state index in [4.69, 9.17) is 19.4 Å². The molecule has 2 heterocycles. The smallest absolute Gasteiger partial charge is 0.164 e. The fourth-order valence-electron chi connectivity index (χ4n) is 7.21. The highest BCUT2D eigenvalue weighted by atomic mass is 16.3. The lowest BCUT2D eigenvalue weighted by atomic mass is 9.91. The second kappa shape index (κ2) is 10.1. The molecule has 7 aromatic carbocycles. The van der Waals surface area contributed by atoms with E-state index in [1.807, 2.05) is 66.7 Å². The summed E-state index contributed by atoms with van der Waals surface area (Å²) in [6.45, 7) is 0. The molecule has 0 spiro atoms. The van der Waals surface area contributed by atoms with Crippen molar-refractivity contribution in [3.63, 3.8) is 0 Å². The third-order valence-electron chi connectivity index (χ3n) is 9.29. The molecular formula is C43H25N3O. The largest absolute Gasteiger partial charge is 0.455 e. The molecule has 9 aromatic rings. The van der Waals surface area contributed by atoms with Crippen molar-refractivity contribution >= 4 is 32.7 Å². The van der Waals surface area contributed by atoms with Crippen LogP contribution in [0.3, 0.4) is 0 Å². The van der Waals surface area contributed by atoms with Gasteiger partial charge >= 0.3 is 0 Å². The second-order valence-corrected chi connectivity index (χ2v) is 11.9. The molecule has 1 aliphatic rings. The molecule has 0 unspecified atom stereocenters. The van der Waals surface area contributed by atoms with Crippen LogP contribution in [0, 0.1) is 0 Å². The summed E-state index contributed by atoms with van der Waals surface area (Å²) < 4.78 is 6.83. The zero-order chi connectivity index (χ0) is 30.9. The Morgan fingerprint density at radius 3 is 1.47 bits per heavy atom. The highest BCUT2D eigenvalue weighted by Crippen LogP contribution is 2.51. The minimum Gasteiger partial charge on any atom is -0.455 e. The summed E-state index contributed by atoms with van der Waals surface area (Å²) in [5, 5.41) is 4.80. The maximum atomic E-state index is 6.83. The van der Waals surface area contributed by atoms with Crippen molar-refractivity contribution in [2.45, 2.75) is 0 Å². The van der Waals surface area contributed by atoms with Crippen LogP contribution in [0.5, 0.6) is 0 Å². The lowest BCUT2D eigenvalue weighted by molar-refractivity contribution is 0.670. The van der Waals surface area contributed by atoms with Gasteiger partial charge < -0.3 is 4.42 Å². The Kier molecular flexibility index (Phi) is 5.54. The minimum atomic E-state index is 0.615. The molecule has 0 amide bonds. The van der Waals surface area contributed by atoms with Gasteiger partial charge in [-0.3, -0.25) is 0 Å². The van der Waals surface area contributed by atoms with Crippen molar-refractivity contribution in [2.75, 3.05) is 0 Å². The first kappa shape index (κ1) is 25.9. The van der Waals surface area contributed by atoms with Gasteiger partial charge in [-0.15, -0.1) is 0 Å². The van der Waals surface area contributed by atoms with Crippen LogP contribution in [-0.4, -0.2) is 15.0 Å². The number of rotatable bonds is 4. The highest BCUT2D eigenvalue weighted by Gasteiger charge is 2.26. The monoisotopic (exact) mass is 599 g/mol. The number of hydrogen-bond donors (Lipinski definition) is 0. The van der Waals surface area contributed by atoms with E-state index in [9.17, 15) is 0 Å². The van der Waals surface area contributed by atoms with Gasteiger partial charge in [0.05, 0.1) is 0 Å². The average molecular weight is 600 g/mol. The first-order valence-corrected chi connectivity index (χ1v) is 15.8. The molecule has 1 aliphatic carbocycles. The van der Waals surface area contributed by atoms with Gasteiger partial charge in [0, 0.05) is 33.0 Å². The SMILES string of the molecule is c1ccc(-c2nc(-c3ccccc3)nc(-c3ccccc3-c3ccc4c5c3oc3cccc(c35)-c3cccc5cccc-4c35)n2)cc1. The predicted molar refractivity (Wildman–Crippen MR) is 191 cm³/mol. The maximum Gasteiger partial charge on any atom is 0.164 e. The van der Waals surface area contributed by atoms with Crippen LogP contribution in [0.1, 0.15) is 0 Å². The number of furan rings is 1. The van der Waals surface area contributed by atoms with E-state index in [1.165, 1.54) is 33.0 Å².